The van der Waals surface area contributed by atoms with Gasteiger partial charge >= 0.3 is 0 Å². The molecule has 5 heteroatoms. The summed E-state index contributed by atoms with van der Waals surface area (Å²) >= 11 is 8.90. The van der Waals surface area contributed by atoms with Gasteiger partial charge in [-0.25, -0.2) is 0 Å². The summed E-state index contributed by atoms with van der Waals surface area (Å²) in [6.45, 7) is 7.84. The second-order valence-corrected chi connectivity index (χ2v) is 7.81. The SMILES string of the molecule is CC1CN(Cc2cc(Br)c(Br)s2)CC(C)N1. The normalized spacial score (nSPS) is 27.2. The molecule has 2 rings (SSSR count). The molecule has 1 saturated heterocycles. The molecule has 0 saturated carbocycles. The smallest absolute Gasteiger partial charge is 0.0843 e. The van der Waals surface area contributed by atoms with E-state index in [1.165, 1.54) is 13.1 Å². The molecule has 1 aromatic heterocycles. The Kier molecular flexibility index (Phi) is 4.46. The van der Waals surface area contributed by atoms with E-state index in [2.05, 4.69) is 62.0 Å². The highest BCUT2D eigenvalue weighted by Gasteiger charge is 2.21. The van der Waals surface area contributed by atoms with Gasteiger partial charge in [-0.15, -0.1) is 11.3 Å². The van der Waals surface area contributed by atoms with Gasteiger partial charge in [-0.05, 0) is 51.8 Å². The van der Waals surface area contributed by atoms with Crippen molar-refractivity contribution >= 4 is 43.2 Å². The first kappa shape index (κ1) is 13.0. The summed E-state index contributed by atoms with van der Waals surface area (Å²) in [6.07, 6.45) is 0. The minimum atomic E-state index is 0.593. The fourth-order valence-electron chi connectivity index (χ4n) is 2.26. The third-order valence-electron chi connectivity index (χ3n) is 2.71. The van der Waals surface area contributed by atoms with Crippen molar-refractivity contribution < 1.29 is 0 Å². The molecule has 0 bridgehead atoms. The van der Waals surface area contributed by atoms with E-state index in [9.17, 15) is 0 Å². The molecule has 16 heavy (non-hydrogen) atoms. The Labute approximate surface area is 118 Å². The van der Waals surface area contributed by atoms with Crippen LogP contribution in [0.1, 0.15) is 18.7 Å². The maximum atomic E-state index is 3.55. The summed E-state index contributed by atoms with van der Waals surface area (Å²) in [4.78, 5) is 3.94. The van der Waals surface area contributed by atoms with Gasteiger partial charge < -0.3 is 5.32 Å². The summed E-state index contributed by atoms with van der Waals surface area (Å²) < 4.78 is 2.36. The van der Waals surface area contributed by atoms with Crippen molar-refractivity contribution in [2.75, 3.05) is 13.1 Å². The molecular weight excluding hydrogens is 352 g/mol. The summed E-state index contributed by atoms with van der Waals surface area (Å²) in [7, 11) is 0. The van der Waals surface area contributed by atoms with E-state index in [1.54, 1.807) is 0 Å². The van der Waals surface area contributed by atoms with Crippen LogP contribution in [0.25, 0.3) is 0 Å². The molecule has 1 N–H and O–H groups in total. The first-order valence-corrected chi connectivity index (χ1v) is 7.87. The minimum absolute atomic E-state index is 0.593. The summed E-state index contributed by atoms with van der Waals surface area (Å²) in [5.74, 6) is 0. The van der Waals surface area contributed by atoms with Gasteiger partial charge in [0.05, 0.1) is 3.79 Å². The monoisotopic (exact) mass is 366 g/mol. The van der Waals surface area contributed by atoms with Crippen LogP contribution < -0.4 is 5.32 Å². The van der Waals surface area contributed by atoms with E-state index in [-0.39, 0.29) is 0 Å². The highest BCUT2D eigenvalue weighted by Crippen LogP contribution is 2.33. The fraction of sp³-hybridized carbons (Fsp3) is 0.636. The molecule has 2 nitrogen and oxygen atoms in total. The van der Waals surface area contributed by atoms with E-state index < -0.39 is 0 Å². The van der Waals surface area contributed by atoms with Gasteiger partial charge in [0, 0.05) is 41.1 Å². The maximum Gasteiger partial charge on any atom is 0.0843 e. The molecule has 1 aliphatic heterocycles. The minimum Gasteiger partial charge on any atom is -0.309 e. The average molecular weight is 368 g/mol. The molecule has 90 valence electrons. The molecule has 2 heterocycles. The van der Waals surface area contributed by atoms with Crippen molar-refractivity contribution in [2.45, 2.75) is 32.5 Å². The number of thiophene rings is 1. The first-order valence-electron chi connectivity index (χ1n) is 5.46. The number of nitrogens with one attached hydrogen (secondary N) is 1. The molecule has 0 amide bonds. The van der Waals surface area contributed by atoms with Crippen molar-refractivity contribution in [3.63, 3.8) is 0 Å². The Bertz CT molecular complexity index is 337. The highest BCUT2D eigenvalue weighted by molar-refractivity contribution is 9.13. The van der Waals surface area contributed by atoms with Crippen molar-refractivity contribution in [1.29, 1.82) is 0 Å². The van der Waals surface area contributed by atoms with Crippen molar-refractivity contribution in [1.82, 2.24) is 10.2 Å². The number of hydrogen-bond donors (Lipinski definition) is 1. The summed E-state index contributed by atoms with van der Waals surface area (Å²) in [5, 5.41) is 3.55. The van der Waals surface area contributed by atoms with Gasteiger partial charge in [-0.3, -0.25) is 4.90 Å². The van der Waals surface area contributed by atoms with Crippen LogP contribution in [-0.4, -0.2) is 30.1 Å². The van der Waals surface area contributed by atoms with Crippen LogP contribution in [-0.2, 0) is 6.54 Å². The molecule has 2 unspecified atom stereocenters. The van der Waals surface area contributed by atoms with Gasteiger partial charge in [0.1, 0.15) is 0 Å². The zero-order valence-electron chi connectivity index (χ0n) is 9.46. The third-order valence-corrected chi connectivity index (χ3v) is 5.95. The summed E-state index contributed by atoms with van der Waals surface area (Å²) in [5.41, 5.74) is 0. The topological polar surface area (TPSA) is 15.3 Å². The van der Waals surface area contributed by atoms with Crippen molar-refractivity contribution in [3.05, 3.63) is 19.2 Å². The molecule has 1 aliphatic rings. The second-order valence-electron chi connectivity index (χ2n) is 4.50. The lowest BCUT2D eigenvalue weighted by Gasteiger charge is -2.35. The molecule has 0 aromatic carbocycles. The Morgan fingerprint density at radius 2 is 2.00 bits per heavy atom. The van der Waals surface area contributed by atoms with Gasteiger partial charge in [0.2, 0.25) is 0 Å². The van der Waals surface area contributed by atoms with E-state index in [0.717, 1.165) is 19.6 Å². The molecule has 2 atom stereocenters. The van der Waals surface area contributed by atoms with Gasteiger partial charge in [-0.2, -0.15) is 0 Å². The molecule has 0 aliphatic carbocycles. The van der Waals surface area contributed by atoms with Crippen LogP contribution in [0.5, 0.6) is 0 Å². The van der Waals surface area contributed by atoms with Crippen LogP contribution in [0.4, 0.5) is 0 Å². The number of rotatable bonds is 2. The Hall–Kier alpha value is 0.580. The Morgan fingerprint density at radius 3 is 2.50 bits per heavy atom. The highest BCUT2D eigenvalue weighted by atomic mass is 79.9. The van der Waals surface area contributed by atoms with Gasteiger partial charge in [0.25, 0.3) is 0 Å². The molecule has 1 fully saturated rings. The molecular formula is C11H16Br2N2S. The lowest BCUT2D eigenvalue weighted by Crippen LogP contribution is -2.53. The van der Waals surface area contributed by atoms with Crippen LogP contribution in [0, 0.1) is 0 Å². The maximum absolute atomic E-state index is 3.55. The predicted octanol–water partition coefficient (Wildman–Crippen LogP) is 3.46. The zero-order chi connectivity index (χ0) is 11.7. The average Bonchev–Trinajstić information content (AvgIpc) is 2.43. The quantitative estimate of drug-likeness (QED) is 0.861. The second kappa shape index (κ2) is 5.48. The fourth-order valence-corrected chi connectivity index (χ4v) is 4.48. The Balaban J connectivity index is 1.98. The van der Waals surface area contributed by atoms with E-state index in [1.807, 2.05) is 11.3 Å². The number of hydrogen-bond acceptors (Lipinski definition) is 3. The van der Waals surface area contributed by atoms with Crippen LogP contribution >= 0.6 is 43.2 Å². The number of nitrogens with zero attached hydrogens (tertiary/aromatic N) is 1. The van der Waals surface area contributed by atoms with E-state index in [4.69, 9.17) is 0 Å². The molecule has 0 radical (unpaired) electrons. The van der Waals surface area contributed by atoms with Crippen LogP contribution in [0.3, 0.4) is 0 Å². The van der Waals surface area contributed by atoms with Crippen LogP contribution in [0.2, 0.25) is 0 Å². The number of halogens is 2. The van der Waals surface area contributed by atoms with E-state index >= 15 is 0 Å². The Morgan fingerprint density at radius 1 is 1.38 bits per heavy atom. The zero-order valence-corrected chi connectivity index (χ0v) is 13.5. The first-order chi connectivity index (χ1) is 7.54. The number of piperazine rings is 1. The lowest BCUT2D eigenvalue weighted by atomic mass is 10.1. The van der Waals surface area contributed by atoms with Crippen LogP contribution in [0.15, 0.2) is 14.3 Å². The van der Waals surface area contributed by atoms with Crippen molar-refractivity contribution in [2.24, 2.45) is 0 Å². The molecule has 1 aromatic rings. The third kappa shape index (κ3) is 3.29. The summed E-state index contributed by atoms with van der Waals surface area (Å²) in [6, 6.07) is 3.40. The van der Waals surface area contributed by atoms with Crippen molar-refractivity contribution in [3.8, 4) is 0 Å². The lowest BCUT2D eigenvalue weighted by molar-refractivity contribution is 0.168. The standard InChI is InChI=1S/C11H16Br2N2S/c1-7-4-15(5-8(2)14-7)6-9-3-10(12)11(13)16-9/h3,7-8,14H,4-6H2,1-2H3. The van der Waals surface area contributed by atoms with Gasteiger partial charge in [0.15, 0.2) is 0 Å². The predicted molar refractivity (Wildman–Crippen MR) is 77.1 cm³/mol. The molecule has 0 spiro atoms. The van der Waals surface area contributed by atoms with Gasteiger partial charge in [-0.1, -0.05) is 0 Å². The van der Waals surface area contributed by atoms with E-state index in [0.29, 0.717) is 12.1 Å². The largest absolute Gasteiger partial charge is 0.309 e.